The Labute approximate surface area is 152 Å². The molecule has 2 heterocycles. The molecule has 1 saturated heterocycles. The molecule has 27 heavy (non-hydrogen) atoms. The molecule has 0 bridgehead atoms. The average Bonchev–Trinajstić information content (AvgIpc) is 3.09. The van der Waals surface area contributed by atoms with E-state index in [1.54, 1.807) is 36.5 Å². The highest BCUT2D eigenvalue weighted by Crippen LogP contribution is 2.37. The lowest BCUT2D eigenvalue weighted by Crippen LogP contribution is -2.35. The second-order valence-electron chi connectivity index (χ2n) is 6.22. The average molecular weight is 379 g/mol. The number of nitrogens with zero attached hydrogens (tertiary/aromatic N) is 2. The number of benzene rings is 1. The number of likely N-dealkylation sites (tertiary alicyclic amines) is 1. The number of hydrogen-bond donors (Lipinski definition) is 2. The van der Waals surface area contributed by atoms with Crippen LogP contribution in [0.3, 0.4) is 0 Å². The molecule has 1 aromatic carbocycles. The number of anilines is 1. The van der Waals surface area contributed by atoms with Crippen LogP contribution in [0.1, 0.15) is 0 Å². The Morgan fingerprint density at radius 2 is 1.81 bits per heavy atom. The van der Waals surface area contributed by atoms with Gasteiger partial charge in [-0.3, -0.25) is 9.78 Å². The molecule has 6 nitrogen and oxygen atoms in total. The summed E-state index contributed by atoms with van der Waals surface area (Å²) in [4.78, 5) is 28.4. The van der Waals surface area contributed by atoms with Gasteiger partial charge in [0.2, 0.25) is 0 Å². The summed E-state index contributed by atoms with van der Waals surface area (Å²) in [6.07, 6.45) is -3.03. The van der Waals surface area contributed by atoms with Crippen LogP contribution in [-0.2, 0) is 4.79 Å². The minimum absolute atomic E-state index is 0.391. The van der Waals surface area contributed by atoms with E-state index >= 15 is 0 Å². The van der Waals surface area contributed by atoms with E-state index in [1.807, 2.05) is 12.1 Å². The number of nitrogens with one attached hydrogen (secondary N) is 1. The van der Waals surface area contributed by atoms with Gasteiger partial charge >= 0.3 is 18.2 Å². The number of pyridine rings is 1. The molecule has 1 aromatic heterocycles. The standard InChI is InChI=1S/C18H16F3N3O3/c19-18(20,21)14-10-24(9-13(14)16(25)26)17(27)23-12-6-4-11(5-7-12)15-3-1-2-8-22-15/h1-8,13-14H,9-10H2,(H,23,27)(H,25,26)/t13-,14-/m1/s1. The maximum atomic E-state index is 13.0. The van der Waals surface area contributed by atoms with E-state index in [0.717, 1.165) is 16.2 Å². The summed E-state index contributed by atoms with van der Waals surface area (Å²) < 4.78 is 39.0. The number of aromatic nitrogens is 1. The van der Waals surface area contributed by atoms with Crippen molar-refractivity contribution in [2.24, 2.45) is 11.8 Å². The van der Waals surface area contributed by atoms with Crippen molar-refractivity contribution in [3.05, 3.63) is 48.7 Å². The van der Waals surface area contributed by atoms with E-state index in [0.29, 0.717) is 5.69 Å². The number of carboxylic acid groups (broad SMARTS) is 1. The monoisotopic (exact) mass is 379 g/mol. The van der Waals surface area contributed by atoms with Gasteiger partial charge in [0.25, 0.3) is 0 Å². The first-order valence-electron chi connectivity index (χ1n) is 8.12. The third-order valence-corrected chi connectivity index (χ3v) is 4.44. The number of urea groups is 1. The number of carbonyl (C=O) groups excluding carboxylic acids is 1. The molecule has 2 amide bonds. The van der Waals surface area contributed by atoms with Crippen molar-refractivity contribution < 1.29 is 27.9 Å². The van der Waals surface area contributed by atoms with Gasteiger partial charge in [-0.15, -0.1) is 0 Å². The van der Waals surface area contributed by atoms with Crippen LogP contribution in [0.15, 0.2) is 48.7 Å². The molecule has 0 radical (unpaired) electrons. The maximum absolute atomic E-state index is 13.0. The summed E-state index contributed by atoms with van der Waals surface area (Å²) in [5.74, 6) is -5.30. The van der Waals surface area contributed by atoms with Gasteiger partial charge < -0.3 is 15.3 Å². The van der Waals surface area contributed by atoms with Crippen LogP contribution in [0.4, 0.5) is 23.7 Å². The molecular weight excluding hydrogens is 363 g/mol. The summed E-state index contributed by atoms with van der Waals surface area (Å²) >= 11 is 0. The zero-order valence-electron chi connectivity index (χ0n) is 14.0. The Morgan fingerprint density at radius 3 is 2.33 bits per heavy atom. The molecule has 2 N–H and O–H groups in total. The summed E-state index contributed by atoms with van der Waals surface area (Å²) in [5.41, 5.74) is 1.95. The van der Waals surface area contributed by atoms with Crippen LogP contribution >= 0.6 is 0 Å². The lowest BCUT2D eigenvalue weighted by Gasteiger charge is -2.18. The predicted octanol–water partition coefficient (Wildman–Crippen LogP) is 3.48. The lowest BCUT2D eigenvalue weighted by atomic mass is 9.96. The largest absolute Gasteiger partial charge is 0.481 e. The smallest absolute Gasteiger partial charge is 0.394 e. The van der Waals surface area contributed by atoms with Crippen LogP contribution in [0.5, 0.6) is 0 Å². The molecular formula is C18H16F3N3O3. The van der Waals surface area contributed by atoms with Gasteiger partial charge in [-0.1, -0.05) is 18.2 Å². The van der Waals surface area contributed by atoms with E-state index in [1.165, 1.54) is 0 Å². The molecule has 0 aliphatic carbocycles. The van der Waals surface area contributed by atoms with Gasteiger partial charge in [0.05, 0.1) is 17.5 Å². The quantitative estimate of drug-likeness (QED) is 0.856. The van der Waals surface area contributed by atoms with Gasteiger partial charge in [0, 0.05) is 30.5 Å². The van der Waals surface area contributed by atoms with Crippen molar-refractivity contribution in [3.63, 3.8) is 0 Å². The summed E-state index contributed by atoms with van der Waals surface area (Å²) in [6.45, 7) is -1.17. The topological polar surface area (TPSA) is 82.5 Å². The molecule has 0 unspecified atom stereocenters. The van der Waals surface area contributed by atoms with Gasteiger partial charge in [-0.2, -0.15) is 13.2 Å². The van der Waals surface area contributed by atoms with Crippen molar-refractivity contribution in [3.8, 4) is 11.3 Å². The molecule has 1 aliphatic rings. The van der Waals surface area contributed by atoms with E-state index in [-0.39, 0.29) is 0 Å². The van der Waals surface area contributed by atoms with E-state index in [2.05, 4.69) is 10.3 Å². The Kier molecular flexibility index (Phi) is 5.02. The number of hydrogen-bond acceptors (Lipinski definition) is 3. The number of amides is 2. The number of carboxylic acids is 1. The number of rotatable bonds is 3. The van der Waals surface area contributed by atoms with Crippen LogP contribution < -0.4 is 5.32 Å². The van der Waals surface area contributed by atoms with Crippen molar-refractivity contribution in [1.82, 2.24) is 9.88 Å². The Balaban J connectivity index is 1.68. The molecule has 9 heteroatoms. The first kappa shape index (κ1) is 18.7. The third-order valence-electron chi connectivity index (χ3n) is 4.44. The van der Waals surface area contributed by atoms with Crippen LogP contribution in [0, 0.1) is 11.8 Å². The van der Waals surface area contributed by atoms with Crippen molar-refractivity contribution in [2.75, 3.05) is 18.4 Å². The number of carbonyl (C=O) groups is 2. The summed E-state index contributed by atoms with van der Waals surface area (Å²) in [7, 11) is 0. The molecule has 0 saturated carbocycles. The van der Waals surface area contributed by atoms with Crippen molar-refractivity contribution >= 4 is 17.7 Å². The second-order valence-corrected chi connectivity index (χ2v) is 6.22. The Bertz CT molecular complexity index is 825. The second kappa shape index (κ2) is 7.26. The van der Waals surface area contributed by atoms with Gasteiger partial charge in [-0.05, 0) is 24.3 Å². The highest BCUT2D eigenvalue weighted by molar-refractivity contribution is 5.90. The summed E-state index contributed by atoms with van der Waals surface area (Å²) in [5, 5.41) is 11.5. The Morgan fingerprint density at radius 1 is 1.11 bits per heavy atom. The number of aliphatic carboxylic acids is 1. The van der Waals surface area contributed by atoms with Gasteiger partial charge in [0.1, 0.15) is 0 Å². The SMILES string of the molecule is O=C(O)[C@@H]1CN(C(=O)Nc2ccc(-c3ccccn3)cc2)C[C@H]1C(F)(F)F. The van der Waals surface area contributed by atoms with Crippen LogP contribution in [-0.4, -0.2) is 46.3 Å². The molecule has 3 rings (SSSR count). The number of alkyl halides is 3. The van der Waals surface area contributed by atoms with E-state index in [4.69, 9.17) is 5.11 Å². The fraction of sp³-hybridized carbons (Fsp3) is 0.278. The Hall–Kier alpha value is -3.10. The van der Waals surface area contributed by atoms with Gasteiger partial charge in [0.15, 0.2) is 0 Å². The predicted molar refractivity (Wildman–Crippen MR) is 90.9 cm³/mol. The van der Waals surface area contributed by atoms with Gasteiger partial charge in [-0.25, -0.2) is 4.79 Å². The van der Waals surface area contributed by atoms with Crippen molar-refractivity contribution in [2.45, 2.75) is 6.18 Å². The van der Waals surface area contributed by atoms with E-state index < -0.39 is 43.1 Å². The zero-order chi connectivity index (χ0) is 19.6. The van der Waals surface area contributed by atoms with Crippen molar-refractivity contribution in [1.29, 1.82) is 0 Å². The molecule has 2 atom stereocenters. The molecule has 2 aromatic rings. The fourth-order valence-electron chi connectivity index (χ4n) is 3.01. The highest BCUT2D eigenvalue weighted by Gasteiger charge is 2.53. The molecule has 0 spiro atoms. The first-order valence-corrected chi connectivity index (χ1v) is 8.12. The van der Waals surface area contributed by atoms with E-state index in [9.17, 15) is 22.8 Å². The van der Waals surface area contributed by atoms with Crippen LogP contribution in [0.2, 0.25) is 0 Å². The first-order chi connectivity index (χ1) is 12.8. The maximum Gasteiger partial charge on any atom is 0.394 e. The highest BCUT2D eigenvalue weighted by atomic mass is 19.4. The summed E-state index contributed by atoms with van der Waals surface area (Å²) in [6, 6.07) is 11.3. The molecule has 1 aliphatic heterocycles. The number of halogens is 3. The minimum Gasteiger partial charge on any atom is -0.481 e. The van der Waals surface area contributed by atoms with Crippen LogP contribution in [0.25, 0.3) is 11.3 Å². The fourth-order valence-corrected chi connectivity index (χ4v) is 3.01. The molecule has 1 fully saturated rings. The molecule has 142 valence electrons. The normalized spacial score (nSPS) is 19.7. The third kappa shape index (κ3) is 4.18. The minimum atomic E-state index is -4.68. The zero-order valence-corrected chi connectivity index (χ0v) is 14.0. The lowest BCUT2D eigenvalue weighted by molar-refractivity contribution is -0.187.